The number of aromatic nitrogens is 1. The van der Waals surface area contributed by atoms with Crippen LogP contribution in [-0.2, 0) is 23.2 Å². The summed E-state index contributed by atoms with van der Waals surface area (Å²) in [5, 5.41) is 10.6. The summed E-state index contributed by atoms with van der Waals surface area (Å²) in [7, 11) is 1.87. The predicted molar refractivity (Wildman–Crippen MR) is 129 cm³/mol. The molecule has 1 aromatic carbocycles. The number of amides is 1. The molecule has 1 N–H and O–H groups in total. The first-order valence-corrected chi connectivity index (χ1v) is 12.3. The molecule has 9 heteroatoms. The number of carbonyl (C=O) groups is 2. The van der Waals surface area contributed by atoms with Crippen LogP contribution in [0.2, 0.25) is 5.02 Å². The minimum atomic E-state index is -2.53. The Labute approximate surface area is 208 Å². The Kier molecular flexibility index (Phi) is 7.67. The van der Waals surface area contributed by atoms with Crippen LogP contribution in [0, 0.1) is 23.7 Å². The number of carbonyl (C=O) groups excluding carboxylic acids is 1. The Morgan fingerprint density at radius 1 is 1.29 bits per heavy atom. The monoisotopic (exact) mass is 506 g/mol. The molecule has 1 atom stereocenters. The summed E-state index contributed by atoms with van der Waals surface area (Å²) in [6, 6.07) is 5.39. The summed E-state index contributed by atoms with van der Waals surface area (Å²) < 4.78 is 33.5. The second-order valence-electron chi connectivity index (χ2n) is 9.41. The van der Waals surface area contributed by atoms with Gasteiger partial charge < -0.3 is 19.3 Å². The molecule has 2 heterocycles. The molecule has 1 aliphatic carbocycles. The quantitative estimate of drug-likeness (QED) is 0.399. The number of unbranched alkanes of at least 4 members (excludes halogenated alkanes) is 2. The Morgan fingerprint density at radius 3 is 2.74 bits per heavy atom. The molecule has 1 amide bonds. The van der Waals surface area contributed by atoms with Crippen molar-refractivity contribution in [1.82, 2.24) is 9.47 Å². The van der Waals surface area contributed by atoms with Gasteiger partial charge in [-0.2, -0.15) is 0 Å². The normalized spacial score (nSPS) is 19.4. The van der Waals surface area contributed by atoms with Crippen LogP contribution in [0.1, 0.15) is 54.6 Å². The number of alkyl halides is 2. The SMILES string of the molecule is Cn1c(COCCCCC#CC2CC(F)(F)C2)c(C(=O)N2CC[C@H](C(=O)O)C2)c2cc(Cl)ccc21. The molecule has 0 radical (unpaired) electrons. The number of fused-ring (bicyclic) bond motifs is 1. The number of rotatable bonds is 8. The van der Waals surface area contributed by atoms with Crippen molar-refractivity contribution in [2.45, 2.75) is 51.1 Å². The van der Waals surface area contributed by atoms with Crippen molar-refractivity contribution in [3.63, 3.8) is 0 Å². The lowest BCUT2D eigenvalue weighted by molar-refractivity contribution is -0.141. The number of likely N-dealkylation sites (tertiary alicyclic amines) is 1. The zero-order valence-electron chi connectivity index (χ0n) is 19.7. The third-order valence-corrected chi connectivity index (χ3v) is 7.03. The molecule has 1 aliphatic heterocycles. The molecule has 6 nitrogen and oxygen atoms in total. The number of halogens is 3. The molecule has 0 spiro atoms. The van der Waals surface area contributed by atoms with E-state index in [4.69, 9.17) is 16.3 Å². The van der Waals surface area contributed by atoms with Gasteiger partial charge in [-0.15, -0.1) is 5.92 Å². The first-order valence-electron chi connectivity index (χ1n) is 11.9. The van der Waals surface area contributed by atoms with E-state index in [2.05, 4.69) is 11.8 Å². The van der Waals surface area contributed by atoms with E-state index in [1.165, 1.54) is 0 Å². The van der Waals surface area contributed by atoms with Gasteiger partial charge in [-0.1, -0.05) is 17.5 Å². The average Bonchev–Trinajstić information content (AvgIpc) is 3.37. The maximum atomic E-state index is 13.5. The molecular formula is C26H29ClF2N2O4. The van der Waals surface area contributed by atoms with E-state index in [1.54, 1.807) is 17.0 Å². The maximum Gasteiger partial charge on any atom is 0.308 e. The van der Waals surface area contributed by atoms with Crippen molar-refractivity contribution in [2.75, 3.05) is 19.7 Å². The molecular weight excluding hydrogens is 478 g/mol. The van der Waals surface area contributed by atoms with Crippen LogP contribution in [-0.4, -0.2) is 52.1 Å². The number of ether oxygens (including phenoxy) is 1. The molecule has 1 saturated carbocycles. The van der Waals surface area contributed by atoms with Crippen LogP contribution >= 0.6 is 11.6 Å². The Hall–Kier alpha value is -2.63. The molecule has 2 aliphatic rings. The Balaban J connectivity index is 1.37. The van der Waals surface area contributed by atoms with Gasteiger partial charge in [0.2, 0.25) is 0 Å². The van der Waals surface area contributed by atoms with Gasteiger partial charge in [-0.05, 0) is 37.5 Å². The van der Waals surface area contributed by atoms with Crippen molar-refractivity contribution in [3.05, 3.63) is 34.5 Å². The van der Waals surface area contributed by atoms with Crippen molar-refractivity contribution < 1.29 is 28.2 Å². The number of carboxylic acids is 1. The number of hydrogen-bond acceptors (Lipinski definition) is 3. The number of benzene rings is 1. The van der Waals surface area contributed by atoms with E-state index in [0.29, 0.717) is 36.6 Å². The van der Waals surface area contributed by atoms with E-state index < -0.39 is 17.8 Å². The first-order chi connectivity index (χ1) is 16.7. The number of carboxylic acid groups (broad SMARTS) is 1. The van der Waals surface area contributed by atoms with Crippen LogP contribution in [0.15, 0.2) is 18.2 Å². The summed E-state index contributed by atoms with van der Waals surface area (Å²) in [6.07, 6.45) is 2.38. The number of aliphatic carboxylic acids is 1. The minimum absolute atomic E-state index is 0.130. The van der Waals surface area contributed by atoms with Gasteiger partial charge >= 0.3 is 5.97 Å². The highest BCUT2D eigenvalue weighted by Gasteiger charge is 2.44. The molecule has 1 saturated heterocycles. The fourth-order valence-corrected chi connectivity index (χ4v) is 4.92. The standard InChI is InChI=1S/C26H29ClF2N2O4/c1-30-21-8-7-19(27)12-20(21)23(24(32)31-10-9-18(15-31)25(33)34)22(30)16-35-11-5-3-2-4-6-17-13-26(28,29)14-17/h7-8,12,17-18H,2-3,5,9-11,13-16H2,1H3,(H,33,34)/t18-/m0/s1. The van der Waals surface area contributed by atoms with E-state index >= 15 is 0 Å². The van der Waals surface area contributed by atoms with Gasteiger partial charge in [-0.3, -0.25) is 9.59 Å². The Bertz CT molecular complexity index is 1180. The van der Waals surface area contributed by atoms with E-state index in [1.807, 2.05) is 17.7 Å². The maximum absolute atomic E-state index is 13.5. The molecule has 0 unspecified atom stereocenters. The molecule has 4 rings (SSSR count). The zero-order chi connectivity index (χ0) is 25.2. The van der Waals surface area contributed by atoms with Gasteiger partial charge in [0.15, 0.2) is 0 Å². The highest BCUT2D eigenvalue weighted by Crippen LogP contribution is 2.41. The number of aryl methyl sites for hydroxylation is 1. The Morgan fingerprint density at radius 2 is 2.06 bits per heavy atom. The number of hydrogen-bond donors (Lipinski definition) is 1. The first kappa shape index (κ1) is 25.5. The fraction of sp³-hybridized carbons (Fsp3) is 0.538. The molecule has 188 valence electrons. The van der Waals surface area contributed by atoms with Crippen LogP contribution < -0.4 is 0 Å². The summed E-state index contributed by atoms with van der Waals surface area (Å²) in [4.78, 5) is 26.4. The largest absolute Gasteiger partial charge is 0.481 e. The van der Waals surface area contributed by atoms with Gasteiger partial charge in [0.25, 0.3) is 11.8 Å². The fourth-order valence-electron chi connectivity index (χ4n) is 4.75. The number of nitrogens with zero attached hydrogens (tertiary/aromatic N) is 2. The lowest BCUT2D eigenvalue weighted by Crippen LogP contribution is -2.34. The molecule has 2 fully saturated rings. The average molecular weight is 507 g/mol. The third-order valence-electron chi connectivity index (χ3n) is 6.80. The van der Waals surface area contributed by atoms with E-state index in [0.717, 1.165) is 29.4 Å². The summed E-state index contributed by atoms with van der Waals surface area (Å²) in [5.41, 5.74) is 2.07. The predicted octanol–water partition coefficient (Wildman–Crippen LogP) is 5.11. The second kappa shape index (κ2) is 10.5. The highest BCUT2D eigenvalue weighted by molar-refractivity contribution is 6.31. The van der Waals surface area contributed by atoms with Gasteiger partial charge in [-0.25, -0.2) is 8.78 Å². The van der Waals surface area contributed by atoms with Gasteiger partial charge in [0.1, 0.15) is 0 Å². The molecule has 2 aromatic rings. The topological polar surface area (TPSA) is 71.8 Å². The van der Waals surface area contributed by atoms with E-state index in [-0.39, 0.29) is 37.8 Å². The summed E-state index contributed by atoms with van der Waals surface area (Å²) in [5.74, 6) is 1.53. The van der Waals surface area contributed by atoms with Crippen molar-refractivity contribution in [1.29, 1.82) is 0 Å². The van der Waals surface area contributed by atoms with Gasteiger partial charge in [0, 0.05) is 67.8 Å². The van der Waals surface area contributed by atoms with Crippen molar-refractivity contribution in [3.8, 4) is 11.8 Å². The van der Waals surface area contributed by atoms with Crippen LogP contribution in [0.5, 0.6) is 0 Å². The third kappa shape index (κ3) is 5.79. The molecule has 0 bridgehead atoms. The molecule has 1 aromatic heterocycles. The van der Waals surface area contributed by atoms with Crippen LogP contribution in [0.4, 0.5) is 8.78 Å². The highest BCUT2D eigenvalue weighted by atomic mass is 35.5. The lowest BCUT2D eigenvalue weighted by Gasteiger charge is -2.31. The summed E-state index contributed by atoms with van der Waals surface area (Å²) in [6.45, 7) is 1.28. The molecule has 35 heavy (non-hydrogen) atoms. The van der Waals surface area contributed by atoms with E-state index in [9.17, 15) is 23.5 Å². The van der Waals surface area contributed by atoms with Crippen molar-refractivity contribution >= 4 is 34.4 Å². The minimum Gasteiger partial charge on any atom is -0.481 e. The van der Waals surface area contributed by atoms with Crippen molar-refractivity contribution in [2.24, 2.45) is 18.9 Å². The van der Waals surface area contributed by atoms with Crippen LogP contribution in [0.3, 0.4) is 0 Å². The smallest absolute Gasteiger partial charge is 0.308 e. The lowest BCUT2D eigenvalue weighted by atomic mass is 9.82. The van der Waals surface area contributed by atoms with Crippen LogP contribution in [0.25, 0.3) is 10.9 Å². The second-order valence-corrected chi connectivity index (χ2v) is 9.85. The summed E-state index contributed by atoms with van der Waals surface area (Å²) >= 11 is 6.22. The van der Waals surface area contributed by atoms with Gasteiger partial charge in [0.05, 0.1) is 23.8 Å². The zero-order valence-corrected chi connectivity index (χ0v) is 20.4.